The second-order valence-electron chi connectivity index (χ2n) is 30.4. The zero-order valence-corrected chi connectivity index (χ0v) is 46.2. The molecule has 66 heavy (non-hydrogen) atoms. The lowest BCUT2D eigenvalue weighted by atomic mass is 9.41. The highest BCUT2D eigenvalue weighted by molar-refractivity contribution is 5.84. The Kier molecular flexibility index (Phi) is 13.9. The summed E-state index contributed by atoms with van der Waals surface area (Å²) in [6.45, 7) is 38.7. The monoisotopic (exact) mass is 915 g/mol. The molecule has 8 fully saturated rings. The average molecular weight is 916 g/mol. The van der Waals surface area contributed by atoms with Crippen LogP contribution in [-0.2, 0) is 14.3 Å². The molecule has 0 aromatic carbocycles. The highest BCUT2D eigenvalue weighted by atomic mass is 16.5. The molecule has 0 spiro atoms. The molecule has 0 heterocycles. The highest BCUT2D eigenvalue weighted by Crippen LogP contribution is 2.73. The van der Waals surface area contributed by atoms with Crippen LogP contribution in [0.3, 0.4) is 0 Å². The van der Waals surface area contributed by atoms with Gasteiger partial charge in [0.15, 0.2) is 0 Å². The lowest BCUT2D eigenvalue weighted by molar-refractivity contribution is -0.286. The number of carbonyl (C=O) groups is 2. The van der Waals surface area contributed by atoms with E-state index in [1.165, 1.54) is 89.9 Å². The Morgan fingerprint density at radius 2 is 1.02 bits per heavy atom. The summed E-state index contributed by atoms with van der Waals surface area (Å²) in [4.78, 5) is 30.4. The molecular weight excluding hydrogens is 809 g/mol. The highest BCUT2D eigenvalue weighted by Gasteiger charge is 2.71. The molecule has 0 aromatic rings. The maximum Gasteiger partial charge on any atom is 0.137 e. The fraction of sp³-hybridized carbons (Fsp3) is 0.968. The molecule has 0 saturated heterocycles. The molecule has 0 bridgehead atoms. The zero-order valence-electron chi connectivity index (χ0n) is 46.2. The molecule has 1 N–H and O–H groups in total. The van der Waals surface area contributed by atoms with E-state index in [0.29, 0.717) is 77.2 Å². The van der Waals surface area contributed by atoms with Crippen LogP contribution in [0.1, 0.15) is 246 Å². The lowest BCUT2D eigenvalue weighted by Crippen LogP contribution is -2.69. The van der Waals surface area contributed by atoms with Gasteiger partial charge in [0.05, 0.1) is 17.3 Å². The van der Waals surface area contributed by atoms with Gasteiger partial charge in [-0.25, -0.2) is 0 Å². The SMILES string of the molecule is CC(C)CCC[C@@H](C)[C@H]1CC[C@H]2[C@@H]3CC(=O)C4CC(O)(C(C)(C)C)CC(OC5(C(C)(C)C)CC[C@@]6(C)C(C5)C(=O)C[C@H]5[C@@H]7CC[C@H]([C@H](C)CCCC(C)C)[C@@]7(C)CC[C@@H]56)[C@]4(C)[C@H]3CC[C@]12C. The van der Waals surface area contributed by atoms with Crippen molar-refractivity contribution in [3.8, 4) is 0 Å². The van der Waals surface area contributed by atoms with E-state index < -0.39 is 16.6 Å². The summed E-state index contributed by atoms with van der Waals surface area (Å²) in [6, 6.07) is 0. The summed E-state index contributed by atoms with van der Waals surface area (Å²) in [5.74, 6) is 8.51. The largest absolute Gasteiger partial charge is 0.389 e. The second kappa shape index (κ2) is 17.8. The van der Waals surface area contributed by atoms with Crippen molar-refractivity contribution in [2.24, 2.45) is 115 Å². The lowest BCUT2D eigenvalue weighted by Gasteiger charge is -2.67. The molecule has 0 amide bonds. The van der Waals surface area contributed by atoms with Crippen LogP contribution in [0.2, 0.25) is 0 Å². The predicted molar refractivity (Wildman–Crippen MR) is 274 cm³/mol. The average Bonchev–Trinajstić information content (AvgIpc) is 3.75. The van der Waals surface area contributed by atoms with Crippen molar-refractivity contribution in [2.45, 2.75) is 263 Å². The summed E-state index contributed by atoms with van der Waals surface area (Å²) >= 11 is 0. The molecule has 0 radical (unpaired) electrons. The van der Waals surface area contributed by atoms with Crippen LogP contribution in [0.25, 0.3) is 0 Å². The molecule has 0 aromatic heterocycles. The van der Waals surface area contributed by atoms with Crippen LogP contribution in [-0.4, -0.2) is 34.0 Å². The Balaban J connectivity index is 1.08. The van der Waals surface area contributed by atoms with Crippen molar-refractivity contribution < 1.29 is 19.4 Å². The minimum absolute atomic E-state index is 0.00375. The Hall–Kier alpha value is -0.740. The van der Waals surface area contributed by atoms with Crippen LogP contribution < -0.4 is 0 Å². The minimum atomic E-state index is -1.01. The first-order valence-electron chi connectivity index (χ1n) is 29.0. The first-order valence-corrected chi connectivity index (χ1v) is 29.0. The number of rotatable bonds is 12. The predicted octanol–water partition coefficient (Wildman–Crippen LogP) is 16.1. The fourth-order valence-corrected chi connectivity index (χ4v) is 20.1. The van der Waals surface area contributed by atoms with Gasteiger partial charge in [0.2, 0.25) is 0 Å². The van der Waals surface area contributed by atoms with E-state index in [-0.39, 0.29) is 34.2 Å². The Morgan fingerprint density at radius 3 is 1.50 bits per heavy atom. The fourth-order valence-electron chi connectivity index (χ4n) is 20.1. The van der Waals surface area contributed by atoms with Crippen LogP contribution >= 0.6 is 0 Å². The maximum atomic E-state index is 15.2. The molecular formula is C62H106O4. The van der Waals surface area contributed by atoms with E-state index in [1.54, 1.807) is 0 Å². The Labute approximate surface area is 407 Å². The van der Waals surface area contributed by atoms with Gasteiger partial charge in [-0.15, -0.1) is 0 Å². The molecule has 5 unspecified atom stereocenters. The first kappa shape index (κ1) is 51.6. The van der Waals surface area contributed by atoms with Crippen molar-refractivity contribution >= 4 is 11.6 Å². The van der Waals surface area contributed by atoms with Crippen molar-refractivity contribution in [2.75, 3.05) is 0 Å². The van der Waals surface area contributed by atoms with Gasteiger partial charge in [-0.2, -0.15) is 0 Å². The molecule has 0 aliphatic heterocycles. The second-order valence-corrected chi connectivity index (χ2v) is 30.4. The quantitative estimate of drug-likeness (QED) is 0.212. The van der Waals surface area contributed by atoms with Gasteiger partial charge in [-0.05, 0) is 175 Å². The van der Waals surface area contributed by atoms with Gasteiger partial charge in [-0.1, -0.05) is 149 Å². The Bertz CT molecular complexity index is 1770. The zero-order chi connectivity index (χ0) is 48.4. The number of hydrogen-bond donors (Lipinski definition) is 1. The van der Waals surface area contributed by atoms with E-state index in [4.69, 9.17) is 4.74 Å². The van der Waals surface area contributed by atoms with Crippen molar-refractivity contribution in [1.29, 1.82) is 0 Å². The summed E-state index contributed by atoms with van der Waals surface area (Å²) in [6.07, 6.45) is 23.4. The molecule has 4 heteroatoms. The number of Topliss-reactive ketones (excluding diaryl/α,β-unsaturated/α-hetero) is 2. The third kappa shape index (κ3) is 8.26. The van der Waals surface area contributed by atoms with Crippen LogP contribution in [0.5, 0.6) is 0 Å². The van der Waals surface area contributed by atoms with Gasteiger partial charge in [0.1, 0.15) is 11.6 Å². The van der Waals surface area contributed by atoms with Gasteiger partial charge in [-0.3, -0.25) is 9.59 Å². The number of carbonyl (C=O) groups excluding carboxylic acids is 2. The van der Waals surface area contributed by atoms with E-state index >= 15 is 9.59 Å². The summed E-state index contributed by atoms with van der Waals surface area (Å²) in [5.41, 5.74) is -1.81. The van der Waals surface area contributed by atoms with E-state index in [2.05, 4.69) is 111 Å². The maximum absolute atomic E-state index is 15.2. The molecule has 8 saturated carbocycles. The van der Waals surface area contributed by atoms with Crippen LogP contribution in [0, 0.1) is 115 Å². The smallest absolute Gasteiger partial charge is 0.137 e. The summed E-state index contributed by atoms with van der Waals surface area (Å²) < 4.78 is 8.19. The third-order valence-corrected chi connectivity index (χ3v) is 24.6. The molecule has 8 aliphatic rings. The normalized spacial score (nSPS) is 48.0. The summed E-state index contributed by atoms with van der Waals surface area (Å²) in [7, 11) is 0. The van der Waals surface area contributed by atoms with Gasteiger partial charge >= 0.3 is 0 Å². The molecule has 19 atom stereocenters. The van der Waals surface area contributed by atoms with Gasteiger partial charge in [0, 0.05) is 36.5 Å². The molecule has 378 valence electrons. The Morgan fingerprint density at radius 1 is 0.545 bits per heavy atom. The third-order valence-electron chi connectivity index (χ3n) is 24.6. The minimum Gasteiger partial charge on any atom is -0.389 e. The topological polar surface area (TPSA) is 63.6 Å². The number of aliphatic hydroxyl groups is 1. The van der Waals surface area contributed by atoms with Crippen LogP contribution in [0.4, 0.5) is 0 Å². The molecule has 8 aliphatic carbocycles. The number of fused-ring (bicyclic) bond motifs is 10. The van der Waals surface area contributed by atoms with E-state index in [1.807, 2.05) is 0 Å². The van der Waals surface area contributed by atoms with E-state index in [9.17, 15) is 5.11 Å². The first-order chi connectivity index (χ1) is 30.6. The number of ketones is 2. The molecule has 4 nitrogen and oxygen atoms in total. The number of ether oxygens (including phenoxy) is 1. The van der Waals surface area contributed by atoms with Crippen molar-refractivity contribution in [3.63, 3.8) is 0 Å². The van der Waals surface area contributed by atoms with Crippen molar-refractivity contribution in [3.05, 3.63) is 0 Å². The number of hydrogen-bond acceptors (Lipinski definition) is 4. The summed E-state index contributed by atoms with van der Waals surface area (Å²) in [5, 5.41) is 13.0. The van der Waals surface area contributed by atoms with E-state index in [0.717, 1.165) is 61.2 Å². The standard InChI is InChI=1S/C62H106O4/c1-38(2)19-17-21-40(5)44-23-25-46-42-33-52(63)50-36-62(56(10,11)12,32-31-59(50,15)48(42)27-29-57(44,46)13)66-54-37-61(65,55(7,8)9)35-51-53(64)34-43-47-26-24-45(41(6)22-18-20-39(3)4)58(47,14)30-28-49(43)60(51,54)16/h38-51,54,65H,17-37H2,1-16H3/t40-,41-,42+,43+,44-,45-,46+,47+,48+,49+,50?,51?,54?,57-,58-,59-,60-,61?,62?/m1/s1. The van der Waals surface area contributed by atoms with Gasteiger partial charge < -0.3 is 9.84 Å². The van der Waals surface area contributed by atoms with Crippen LogP contribution in [0.15, 0.2) is 0 Å². The molecule has 8 rings (SSSR count). The van der Waals surface area contributed by atoms with Crippen molar-refractivity contribution in [1.82, 2.24) is 0 Å². The van der Waals surface area contributed by atoms with Gasteiger partial charge in [0.25, 0.3) is 0 Å².